The first-order chi connectivity index (χ1) is 15.2. The maximum Gasteiger partial charge on any atom is 0.174 e. The number of rotatable bonds is 4. The third-order valence-electron chi connectivity index (χ3n) is 5.90. The average Bonchev–Trinajstić information content (AvgIpc) is 3.50. The van der Waals surface area contributed by atoms with Crippen LogP contribution >= 0.6 is 22.7 Å². The van der Waals surface area contributed by atoms with Gasteiger partial charge in [0.25, 0.3) is 0 Å². The van der Waals surface area contributed by atoms with E-state index in [1.54, 1.807) is 11.3 Å². The molecule has 6 heteroatoms. The number of aliphatic imine (C=N–C) groups is 1. The molecule has 0 N–H and O–H groups in total. The molecule has 1 aliphatic heterocycles. The molecule has 2 aromatic heterocycles. The smallest absolute Gasteiger partial charge is 0.174 e. The van der Waals surface area contributed by atoms with Gasteiger partial charge in [-0.15, -0.1) is 22.7 Å². The van der Waals surface area contributed by atoms with Crippen molar-refractivity contribution in [2.45, 2.75) is 32.2 Å². The predicted molar refractivity (Wildman–Crippen MR) is 126 cm³/mol. The zero-order valence-electron chi connectivity index (χ0n) is 16.7. The molecular weight excluding hydrogens is 424 g/mol. The third-order valence-corrected chi connectivity index (χ3v) is 8.19. The molecule has 0 saturated heterocycles. The minimum Gasteiger partial charge on any atom is -0.294 e. The fraction of sp³-hybridized carbons (Fsp3) is 0.200. The molecule has 3 heterocycles. The van der Waals surface area contributed by atoms with E-state index >= 15 is 0 Å². The molecule has 0 saturated carbocycles. The molecule has 0 bridgehead atoms. The van der Waals surface area contributed by atoms with Crippen LogP contribution in [0, 0.1) is 0 Å². The van der Waals surface area contributed by atoms with Crippen molar-refractivity contribution in [2.24, 2.45) is 4.99 Å². The van der Waals surface area contributed by atoms with Crippen molar-refractivity contribution in [3.8, 4) is 10.4 Å². The van der Waals surface area contributed by atoms with Crippen LogP contribution < -0.4 is 0 Å². The second-order valence-electron chi connectivity index (χ2n) is 7.97. The number of carbonyl (C=O) groups is 2. The van der Waals surface area contributed by atoms with Gasteiger partial charge >= 0.3 is 0 Å². The molecule has 0 unspecified atom stereocenters. The molecule has 0 radical (unpaired) electrons. The minimum absolute atomic E-state index is 0.0315. The number of aryl methyl sites for hydroxylation is 1. The fourth-order valence-electron chi connectivity index (χ4n) is 4.35. The van der Waals surface area contributed by atoms with Gasteiger partial charge in [-0.3, -0.25) is 14.6 Å². The van der Waals surface area contributed by atoms with E-state index in [1.807, 2.05) is 24.4 Å². The van der Waals surface area contributed by atoms with Crippen molar-refractivity contribution in [1.82, 2.24) is 4.98 Å². The lowest BCUT2D eigenvalue weighted by atomic mass is 9.95. The van der Waals surface area contributed by atoms with Crippen LogP contribution in [0.25, 0.3) is 20.5 Å². The van der Waals surface area contributed by atoms with Crippen LogP contribution in [0.5, 0.6) is 0 Å². The van der Waals surface area contributed by atoms with E-state index in [0.717, 1.165) is 44.4 Å². The fourth-order valence-corrected chi connectivity index (χ4v) is 6.53. The van der Waals surface area contributed by atoms with Gasteiger partial charge in [-0.05, 0) is 59.2 Å². The summed E-state index contributed by atoms with van der Waals surface area (Å²) in [5.41, 5.74) is 4.84. The zero-order chi connectivity index (χ0) is 20.9. The Morgan fingerprint density at radius 3 is 2.84 bits per heavy atom. The molecule has 2 aliphatic rings. The minimum atomic E-state index is 0.0315. The molecular formula is C25H18N2O2S2. The van der Waals surface area contributed by atoms with E-state index in [-0.39, 0.29) is 18.0 Å². The Bertz CT molecular complexity index is 1380. The lowest BCUT2D eigenvalue weighted by molar-refractivity contribution is 0.0973. The number of Topliss-reactive ketones (excluding diaryl/α,β-unsaturated/α-hetero) is 2. The Morgan fingerprint density at radius 1 is 1.06 bits per heavy atom. The molecule has 1 aliphatic carbocycles. The number of hydrogen-bond acceptors (Lipinski definition) is 6. The number of nitrogens with zero attached hydrogens (tertiary/aromatic N) is 2. The number of hydrogen-bond donors (Lipinski definition) is 0. The second kappa shape index (κ2) is 7.32. The Labute approximate surface area is 187 Å². The monoisotopic (exact) mass is 442 g/mol. The van der Waals surface area contributed by atoms with E-state index in [9.17, 15) is 9.59 Å². The summed E-state index contributed by atoms with van der Waals surface area (Å²) in [6.45, 7) is 0.648. The predicted octanol–water partition coefficient (Wildman–Crippen LogP) is 5.90. The lowest BCUT2D eigenvalue weighted by Crippen LogP contribution is -2.08. The Morgan fingerprint density at radius 2 is 1.97 bits per heavy atom. The number of thiophene rings is 1. The van der Waals surface area contributed by atoms with Crippen molar-refractivity contribution in [1.29, 1.82) is 0 Å². The number of ketones is 2. The first-order valence-electron chi connectivity index (χ1n) is 10.4. The molecule has 152 valence electrons. The number of benzene rings is 2. The van der Waals surface area contributed by atoms with Crippen LogP contribution in [0.15, 0.2) is 47.5 Å². The van der Waals surface area contributed by atoms with Gasteiger partial charge in [0, 0.05) is 27.8 Å². The van der Waals surface area contributed by atoms with Crippen molar-refractivity contribution in [3.05, 3.63) is 74.7 Å². The Hall–Kier alpha value is -2.96. The maximum atomic E-state index is 13.2. The van der Waals surface area contributed by atoms with Gasteiger partial charge in [0.1, 0.15) is 5.01 Å². The van der Waals surface area contributed by atoms with E-state index in [0.29, 0.717) is 18.5 Å². The van der Waals surface area contributed by atoms with Crippen LogP contribution in [-0.4, -0.2) is 22.8 Å². The first kappa shape index (κ1) is 18.8. The number of aromatic nitrogens is 1. The summed E-state index contributed by atoms with van der Waals surface area (Å²) in [5, 5.41) is 1.95. The molecule has 4 aromatic rings. The van der Waals surface area contributed by atoms with Gasteiger partial charge in [0.2, 0.25) is 0 Å². The molecule has 4 nitrogen and oxygen atoms in total. The highest BCUT2D eigenvalue weighted by Crippen LogP contribution is 2.38. The molecule has 0 amide bonds. The summed E-state index contributed by atoms with van der Waals surface area (Å²) in [4.78, 5) is 36.3. The SMILES string of the molecule is O=C(Cc1nc2c(s1)C(=O)CCC2)c1cc2c(c(-c3cc4ccccc4s3)c1)CN=C2. The van der Waals surface area contributed by atoms with Crippen LogP contribution in [0.3, 0.4) is 0 Å². The van der Waals surface area contributed by atoms with Crippen molar-refractivity contribution in [3.63, 3.8) is 0 Å². The van der Waals surface area contributed by atoms with Crippen molar-refractivity contribution < 1.29 is 9.59 Å². The van der Waals surface area contributed by atoms with Gasteiger partial charge in [0.05, 0.1) is 23.5 Å². The van der Waals surface area contributed by atoms with Crippen LogP contribution in [0.2, 0.25) is 0 Å². The van der Waals surface area contributed by atoms with Gasteiger partial charge in [-0.25, -0.2) is 4.98 Å². The Balaban J connectivity index is 1.37. The lowest BCUT2D eigenvalue weighted by Gasteiger charge is -2.09. The van der Waals surface area contributed by atoms with Crippen LogP contribution in [-0.2, 0) is 19.4 Å². The number of carbonyl (C=O) groups excluding carboxylic acids is 2. The van der Waals surface area contributed by atoms with Gasteiger partial charge < -0.3 is 0 Å². The molecule has 2 aromatic carbocycles. The molecule has 6 rings (SSSR count). The quantitative estimate of drug-likeness (QED) is 0.370. The summed E-state index contributed by atoms with van der Waals surface area (Å²) in [6, 6.07) is 14.5. The van der Waals surface area contributed by atoms with E-state index in [1.165, 1.54) is 27.0 Å². The normalized spacial score (nSPS) is 14.8. The second-order valence-corrected chi connectivity index (χ2v) is 10.1. The standard InChI is InChI=1S/C25H18N2O2S2/c28-20-6-3-5-19-25(20)31-24(27-19)11-21(29)15-8-16-12-26-13-18(16)17(9-15)23-10-14-4-1-2-7-22(14)30-23/h1-2,4,7-10,12H,3,5-6,11,13H2. The maximum absolute atomic E-state index is 13.2. The van der Waals surface area contributed by atoms with E-state index in [4.69, 9.17) is 0 Å². The summed E-state index contributed by atoms with van der Waals surface area (Å²) in [6.07, 6.45) is 4.37. The molecule has 0 atom stereocenters. The van der Waals surface area contributed by atoms with Gasteiger partial charge in [0.15, 0.2) is 11.6 Å². The molecule has 0 spiro atoms. The van der Waals surface area contributed by atoms with Gasteiger partial charge in [-0.1, -0.05) is 18.2 Å². The number of fused-ring (bicyclic) bond motifs is 3. The zero-order valence-corrected chi connectivity index (χ0v) is 18.3. The molecule has 31 heavy (non-hydrogen) atoms. The summed E-state index contributed by atoms with van der Waals surface area (Å²) in [5.74, 6) is 0.197. The van der Waals surface area contributed by atoms with E-state index in [2.05, 4.69) is 34.2 Å². The third kappa shape index (κ3) is 3.27. The summed E-state index contributed by atoms with van der Waals surface area (Å²) in [7, 11) is 0. The van der Waals surface area contributed by atoms with Crippen molar-refractivity contribution >= 4 is 50.5 Å². The molecule has 0 fully saturated rings. The Kier molecular flexibility index (Phi) is 4.44. The highest BCUT2D eigenvalue weighted by atomic mass is 32.1. The van der Waals surface area contributed by atoms with Gasteiger partial charge in [-0.2, -0.15) is 0 Å². The largest absolute Gasteiger partial charge is 0.294 e. The summed E-state index contributed by atoms with van der Waals surface area (Å²) < 4.78 is 1.24. The topological polar surface area (TPSA) is 59.4 Å². The van der Waals surface area contributed by atoms with E-state index < -0.39 is 0 Å². The first-order valence-corrected chi connectivity index (χ1v) is 12.0. The number of thiazole rings is 1. The summed E-state index contributed by atoms with van der Waals surface area (Å²) >= 11 is 3.13. The van der Waals surface area contributed by atoms with Crippen molar-refractivity contribution in [2.75, 3.05) is 0 Å². The highest BCUT2D eigenvalue weighted by molar-refractivity contribution is 7.22. The highest BCUT2D eigenvalue weighted by Gasteiger charge is 2.24. The van der Waals surface area contributed by atoms with Crippen LogP contribution in [0.1, 0.15) is 54.7 Å². The van der Waals surface area contributed by atoms with Crippen LogP contribution in [0.4, 0.5) is 0 Å². The average molecular weight is 443 g/mol.